The molecule has 0 spiro atoms. The van der Waals surface area contributed by atoms with Gasteiger partial charge < -0.3 is 20.1 Å². The molecule has 0 aliphatic carbocycles. The van der Waals surface area contributed by atoms with E-state index < -0.39 is 10.0 Å². The smallest absolute Gasteiger partial charge is 0.211 e. The molecule has 8 nitrogen and oxygen atoms in total. The third-order valence-corrected chi connectivity index (χ3v) is 5.85. The van der Waals surface area contributed by atoms with Gasteiger partial charge in [-0.25, -0.2) is 12.7 Å². The lowest BCUT2D eigenvalue weighted by atomic mass is 9.98. The summed E-state index contributed by atoms with van der Waals surface area (Å²) < 4.78 is 35.6. The lowest BCUT2D eigenvalue weighted by Crippen LogP contribution is -2.42. The molecule has 0 atom stereocenters. The van der Waals surface area contributed by atoms with Gasteiger partial charge in [0.25, 0.3) is 0 Å². The van der Waals surface area contributed by atoms with Crippen molar-refractivity contribution in [3.63, 3.8) is 0 Å². The summed E-state index contributed by atoms with van der Waals surface area (Å²) in [6, 6.07) is 5.63. The van der Waals surface area contributed by atoms with E-state index in [0.717, 1.165) is 25.1 Å². The molecule has 27 heavy (non-hydrogen) atoms. The number of nitrogens with zero attached hydrogens (tertiary/aromatic N) is 2. The molecule has 0 aromatic heterocycles. The maximum absolute atomic E-state index is 11.6. The van der Waals surface area contributed by atoms with E-state index in [1.807, 2.05) is 25.1 Å². The Bertz CT molecular complexity index is 744. The zero-order valence-corrected chi connectivity index (χ0v) is 17.3. The number of anilines is 1. The van der Waals surface area contributed by atoms with Crippen LogP contribution in [-0.4, -0.2) is 65.3 Å². The molecule has 1 aliphatic heterocycles. The van der Waals surface area contributed by atoms with E-state index in [0.29, 0.717) is 43.1 Å². The van der Waals surface area contributed by atoms with Gasteiger partial charge in [-0.15, -0.1) is 0 Å². The normalized spacial score (nSPS) is 16.8. The van der Waals surface area contributed by atoms with Crippen LogP contribution in [0.1, 0.15) is 19.8 Å². The first-order valence-electron chi connectivity index (χ1n) is 9.11. The van der Waals surface area contributed by atoms with Crippen molar-refractivity contribution >= 4 is 21.7 Å². The van der Waals surface area contributed by atoms with Crippen molar-refractivity contribution in [1.29, 1.82) is 0 Å². The third-order valence-electron chi connectivity index (χ3n) is 4.55. The van der Waals surface area contributed by atoms with Crippen molar-refractivity contribution in [2.45, 2.75) is 19.8 Å². The fourth-order valence-electron chi connectivity index (χ4n) is 3.02. The van der Waals surface area contributed by atoms with Crippen LogP contribution in [0.4, 0.5) is 5.69 Å². The van der Waals surface area contributed by atoms with Gasteiger partial charge in [0.05, 0.1) is 20.0 Å². The van der Waals surface area contributed by atoms with Crippen LogP contribution >= 0.6 is 0 Å². The number of hydrogen-bond acceptors (Lipinski definition) is 5. The Labute approximate surface area is 162 Å². The summed E-state index contributed by atoms with van der Waals surface area (Å²) >= 11 is 0. The SMILES string of the molecule is CCOc1ccc(NC(=NC)NCC2CCN(S(C)(=O)=O)CC2)cc1OC. The lowest BCUT2D eigenvalue weighted by molar-refractivity contribution is 0.275. The largest absolute Gasteiger partial charge is 0.493 e. The van der Waals surface area contributed by atoms with E-state index in [1.54, 1.807) is 18.5 Å². The highest BCUT2D eigenvalue weighted by Crippen LogP contribution is 2.30. The summed E-state index contributed by atoms with van der Waals surface area (Å²) in [5.74, 6) is 2.43. The standard InChI is InChI=1S/C18H30N4O4S/c1-5-26-16-7-6-15(12-17(16)25-3)21-18(19-2)20-13-14-8-10-22(11-9-14)27(4,23)24/h6-7,12,14H,5,8-11,13H2,1-4H3,(H2,19,20,21). The molecule has 2 N–H and O–H groups in total. The summed E-state index contributed by atoms with van der Waals surface area (Å²) in [5.41, 5.74) is 0.843. The van der Waals surface area contributed by atoms with Crippen molar-refractivity contribution in [2.24, 2.45) is 10.9 Å². The van der Waals surface area contributed by atoms with Crippen molar-refractivity contribution < 1.29 is 17.9 Å². The topological polar surface area (TPSA) is 92.3 Å². The van der Waals surface area contributed by atoms with Gasteiger partial charge in [0.2, 0.25) is 10.0 Å². The Morgan fingerprint density at radius 2 is 2.00 bits per heavy atom. The zero-order valence-electron chi connectivity index (χ0n) is 16.5. The summed E-state index contributed by atoms with van der Waals surface area (Å²) in [6.07, 6.45) is 2.95. The molecule has 1 aromatic carbocycles. The number of hydrogen-bond donors (Lipinski definition) is 2. The van der Waals surface area contributed by atoms with E-state index in [9.17, 15) is 8.42 Å². The second-order valence-corrected chi connectivity index (χ2v) is 8.46. The highest BCUT2D eigenvalue weighted by Gasteiger charge is 2.24. The Morgan fingerprint density at radius 1 is 1.30 bits per heavy atom. The van der Waals surface area contributed by atoms with Crippen molar-refractivity contribution in [1.82, 2.24) is 9.62 Å². The number of benzene rings is 1. The molecule has 0 radical (unpaired) electrons. The molecule has 0 bridgehead atoms. The van der Waals surface area contributed by atoms with E-state index in [4.69, 9.17) is 9.47 Å². The quantitative estimate of drug-likeness (QED) is 0.537. The predicted octanol–water partition coefficient (Wildman–Crippen LogP) is 1.75. The zero-order chi connectivity index (χ0) is 19.9. The second kappa shape index (κ2) is 9.80. The molecule has 0 unspecified atom stereocenters. The Balaban J connectivity index is 1.88. The van der Waals surface area contributed by atoms with Crippen molar-refractivity contribution in [3.05, 3.63) is 18.2 Å². The molecule has 1 aromatic rings. The number of guanidine groups is 1. The average Bonchev–Trinajstić information content (AvgIpc) is 2.66. The maximum atomic E-state index is 11.6. The molecule has 1 aliphatic rings. The van der Waals surface area contributed by atoms with Crippen LogP contribution in [0.25, 0.3) is 0 Å². The van der Waals surface area contributed by atoms with Crippen LogP contribution in [0.5, 0.6) is 11.5 Å². The van der Waals surface area contributed by atoms with Crippen LogP contribution in [-0.2, 0) is 10.0 Å². The summed E-state index contributed by atoms with van der Waals surface area (Å²) in [7, 11) is 0.239. The number of rotatable bonds is 7. The number of piperidine rings is 1. The number of aliphatic imine (C=N–C) groups is 1. The molecule has 152 valence electrons. The Hall–Kier alpha value is -2.00. The fourth-order valence-corrected chi connectivity index (χ4v) is 3.90. The first-order chi connectivity index (χ1) is 12.9. The van der Waals surface area contributed by atoms with Crippen LogP contribution in [0.2, 0.25) is 0 Å². The number of ether oxygens (including phenoxy) is 2. The van der Waals surface area contributed by atoms with Gasteiger partial charge in [-0.1, -0.05) is 0 Å². The minimum atomic E-state index is -3.09. The van der Waals surface area contributed by atoms with Crippen LogP contribution in [0, 0.1) is 5.92 Å². The summed E-state index contributed by atoms with van der Waals surface area (Å²) in [4.78, 5) is 4.25. The monoisotopic (exact) mass is 398 g/mol. The molecular formula is C18H30N4O4S. The highest BCUT2D eigenvalue weighted by atomic mass is 32.2. The molecule has 1 heterocycles. The number of methoxy groups -OCH3 is 1. The first kappa shape index (κ1) is 21.3. The van der Waals surface area contributed by atoms with Crippen LogP contribution in [0.15, 0.2) is 23.2 Å². The summed E-state index contributed by atoms with van der Waals surface area (Å²) in [6.45, 7) is 4.40. The molecular weight excluding hydrogens is 368 g/mol. The van der Waals surface area contributed by atoms with Gasteiger partial charge in [-0.05, 0) is 37.8 Å². The van der Waals surface area contributed by atoms with Gasteiger partial charge >= 0.3 is 0 Å². The second-order valence-electron chi connectivity index (χ2n) is 6.48. The van der Waals surface area contributed by atoms with Crippen LogP contribution < -0.4 is 20.1 Å². The number of nitrogens with one attached hydrogen (secondary N) is 2. The van der Waals surface area contributed by atoms with E-state index in [1.165, 1.54) is 6.26 Å². The molecule has 2 rings (SSSR count). The van der Waals surface area contributed by atoms with Gasteiger partial charge in [-0.2, -0.15) is 0 Å². The first-order valence-corrected chi connectivity index (χ1v) is 11.0. The Morgan fingerprint density at radius 3 is 2.56 bits per heavy atom. The van der Waals surface area contributed by atoms with Gasteiger partial charge in [0.1, 0.15) is 0 Å². The molecule has 1 saturated heterocycles. The van der Waals surface area contributed by atoms with Crippen LogP contribution in [0.3, 0.4) is 0 Å². The van der Waals surface area contributed by atoms with E-state index in [2.05, 4.69) is 15.6 Å². The number of sulfonamides is 1. The minimum absolute atomic E-state index is 0.413. The van der Waals surface area contributed by atoms with E-state index in [-0.39, 0.29) is 0 Å². The maximum Gasteiger partial charge on any atom is 0.211 e. The van der Waals surface area contributed by atoms with Gasteiger partial charge in [-0.3, -0.25) is 4.99 Å². The Kier molecular flexibility index (Phi) is 7.73. The lowest BCUT2D eigenvalue weighted by Gasteiger charge is -2.30. The fraction of sp³-hybridized carbons (Fsp3) is 0.611. The minimum Gasteiger partial charge on any atom is -0.493 e. The summed E-state index contributed by atoms with van der Waals surface area (Å²) in [5, 5.41) is 6.56. The molecule has 9 heteroatoms. The van der Waals surface area contributed by atoms with Crippen molar-refractivity contribution in [2.75, 3.05) is 52.0 Å². The highest BCUT2D eigenvalue weighted by molar-refractivity contribution is 7.88. The van der Waals surface area contributed by atoms with Gasteiger partial charge in [0, 0.05) is 38.4 Å². The predicted molar refractivity (Wildman–Crippen MR) is 108 cm³/mol. The van der Waals surface area contributed by atoms with Crippen molar-refractivity contribution in [3.8, 4) is 11.5 Å². The molecule has 0 amide bonds. The third kappa shape index (κ3) is 6.28. The average molecular weight is 399 g/mol. The van der Waals surface area contributed by atoms with Gasteiger partial charge in [0.15, 0.2) is 17.5 Å². The molecule has 0 saturated carbocycles. The van der Waals surface area contributed by atoms with E-state index >= 15 is 0 Å². The molecule has 1 fully saturated rings.